The highest BCUT2D eigenvalue weighted by Crippen LogP contribution is 2.37. The van der Waals surface area contributed by atoms with Crippen molar-refractivity contribution in [3.8, 4) is 11.4 Å². The Labute approximate surface area is 204 Å². The van der Waals surface area contributed by atoms with E-state index >= 15 is 0 Å². The molecule has 0 fully saturated rings. The summed E-state index contributed by atoms with van der Waals surface area (Å²) in [4.78, 5) is 13.6. The number of benzene rings is 3. The molecular formula is C28H28N4OS. The van der Waals surface area contributed by atoms with Gasteiger partial charge in [0.1, 0.15) is 5.25 Å². The third-order valence-corrected chi connectivity index (χ3v) is 6.75. The first kappa shape index (κ1) is 23.5. The van der Waals surface area contributed by atoms with E-state index in [0.29, 0.717) is 11.7 Å². The van der Waals surface area contributed by atoms with E-state index in [4.69, 9.17) is 0 Å². The molecule has 0 bridgehead atoms. The van der Waals surface area contributed by atoms with E-state index in [0.717, 1.165) is 39.3 Å². The first-order valence-electron chi connectivity index (χ1n) is 11.2. The van der Waals surface area contributed by atoms with Crippen molar-refractivity contribution in [3.63, 3.8) is 0 Å². The number of amides is 1. The van der Waals surface area contributed by atoms with Crippen LogP contribution < -0.4 is 5.32 Å². The first-order valence-corrected chi connectivity index (χ1v) is 12.0. The number of allylic oxidation sites excluding steroid dienone is 1. The van der Waals surface area contributed by atoms with Crippen LogP contribution in [0.3, 0.4) is 0 Å². The summed E-state index contributed by atoms with van der Waals surface area (Å²) in [6.45, 7) is 10.5. The van der Waals surface area contributed by atoms with Gasteiger partial charge in [-0.15, -0.1) is 16.8 Å². The average molecular weight is 469 g/mol. The van der Waals surface area contributed by atoms with Gasteiger partial charge in [0, 0.05) is 17.8 Å². The van der Waals surface area contributed by atoms with Crippen molar-refractivity contribution in [3.05, 3.63) is 108 Å². The fraction of sp³-hybridized carbons (Fsp3) is 0.179. The summed E-state index contributed by atoms with van der Waals surface area (Å²) >= 11 is 1.40. The molecule has 1 heterocycles. The van der Waals surface area contributed by atoms with Gasteiger partial charge in [-0.3, -0.25) is 9.36 Å². The first-order chi connectivity index (χ1) is 16.5. The van der Waals surface area contributed by atoms with Crippen LogP contribution in [0.15, 0.2) is 90.6 Å². The Morgan fingerprint density at radius 3 is 2.50 bits per heavy atom. The Kier molecular flexibility index (Phi) is 7.28. The van der Waals surface area contributed by atoms with E-state index in [1.807, 2.05) is 85.2 Å². The summed E-state index contributed by atoms with van der Waals surface area (Å²) in [5, 5.41) is 12.2. The molecule has 0 unspecified atom stereocenters. The van der Waals surface area contributed by atoms with Crippen molar-refractivity contribution < 1.29 is 4.79 Å². The van der Waals surface area contributed by atoms with Crippen molar-refractivity contribution >= 4 is 23.4 Å². The number of hydrogen-bond donors (Lipinski definition) is 1. The third kappa shape index (κ3) is 5.29. The van der Waals surface area contributed by atoms with Gasteiger partial charge >= 0.3 is 0 Å². The van der Waals surface area contributed by atoms with Gasteiger partial charge < -0.3 is 5.32 Å². The van der Waals surface area contributed by atoms with Gasteiger partial charge in [-0.25, -0.2) is 0 Å². The molecule has 0 aliphatic heterocycles. The smallest absolute Gasteiger partial charge is 0.242 e. The Balaban J connectivity index is 1.70. The minimum Gasteiger partial charge on any atom is -0.325 e. The lowest BCUT2D eigenvalue weighted by molar-refractivity contribution is -0.115. The molecule has 0 saturated carbocycles. The number of aryl methyl sites for hydroxylation is 3. The van der Waals surface area contributed by atoms with Gasteiger partial charge in [0.15, 0.2) is 11.0 Å². The predicted octanol–water partition coefficient (Wildman–Crippen LogP) is 6.53. The van der Waals surface area contributed by atoms with Crippen molar-refractivity contribution in [2.75, 3.05) is 5.32 Å². The maximum absolute atomic E-state index is 13.6. The van der Waals surface area contributed by atoms with Gasteiger partial charge in [-0.1, -0.05) is 84.1 Å². The zero-order chi connectivity index (χ0) is 24.1. The lowest BCUT2D eigenvalue weighted by Crippen LogP contribution is -2.20. The van der Waals surface area contributed by atoms with E-state index in [9.17, 15) is 4.79 Å². The molecule has 0 aliphatic carbocycles. The fourth-order valence-corrected chi connectivity index (χ4v) is 4.79. The molecular weight excluding hydrogens is 440 g/mol. The van der Waals surface area contributed by atoms with E-state index in [-0.39, 0.29) is 5.91 Å². The molecule has 1 aromatic heterocycles. The zero-order valence-electron chi connectivity index (χ0n) is 19.7. The third-order valence-electron chi connectivity index (χ3n) is 5.52. The topological polar surface area (TPSA) is 59.8 Å². The number of carbonyl (C=O) groups is 1. The van der Waals surface area contributed by atoms with Crippen molar-refractivity contribution in [1.82, 2.24) is 14.8 Å². The van der Waals surface area contributed by atoms with Crippen LogP contribution in [0.2, 0.25) is 0 Å². The van der Waals surface area contributed by atoms with Crippen LogP contribution in [0, 0.1) is 20.8 Å². The summed E-state index contributed by atoms with van der Waals surface area (Å²) in [6, 6.07) is 24.0. The quantitative estimate of drug-likeness (QED) is 0.236. The summed E-state index contributed by atoms with van der Waals surface area (Å²) in [7, 11) is 0. The molecule has 0 radical (unpaired) electrons. The molecule has 34 heavy (non-hydrogen) atoms. The molecule has 4 rings (SSSR count). The molecule has 6 heteroatoms. The van der Waals surface area contributed by atoms with Gasteiger partial charge in [-0.2, -0.15) is 0 Å². The van der Waals surface area contributed by atoms with E-state index in [2.05, 4.69) is 41.1 Å². The number of carbonyl (C=O) groups excluding carboxylic acids is 1. The second-order valence-corrected chi connectivity index (χ2v) is 9.36. The number of rotatable bonds is 8. The van der Waals surface area contributed by atoms with Gasteiger partial charge in [0.25, 0.3) is 0 Å². The Hall–Kier alpha value is -3.64. The maximum atomic E-state index is 13.6. The van der Waals surface area contributed by atoms with Crippen LogP contribution in [0.25, 0.3) is 11.4 Å². The number of aromatic nitrogens is 3. The molecule has 172 valence electrons. The standard InChI is InChI=1S/C28H28N4OS/c1-5-16-32-26(23-13-9-10-19(2)17-23)30-31-28(32)34-25(22-11-7-6-8-12-22)27(33)29-24-18-20(3)14-15-21(24)4/h5-15,17-18,25H,1,16H2,2-4H3,(H,29,33)/t25-/m1/s1. The maximum Gasteiger partial charge on any atom is 0.242 e. The van der Waals surface area contributed by atoms with Gasteiger partial charge in [0.05, 0.1) is 0 Å². The highest BCUT2D eigenvalue weighted by molar-refractivity contribution is 8.00. The summed E-state index contributed by atoms with van der Waals surface area (Å²) in [5.74, 6) is 0.656. The summed E-state index contributed by atoms with van der Waals surface area (Å²) in [5.41, 5.74) is 5.97. The molecule has 1 N–H and O–H groups in total. The summed E-state index contributed by atoms with van der Waals surface area (Å²) < 4.78 is 2.01. The SMILES string of the molecule is C=CCn1c(S[C@@H](C(=O)Nc2cc(C)ccc2C)c2ccccc2)nnc1-c1cccc(C)c1. The van der Waals surface area contributed by atoms with Gasteiger partial charge in [0.2, 0.25) is 5.91 Å². The monoisotopic (exact) mass is 468 g/mol. The number of hydrogen-bond acceptors (Lipinski definition) is 4. The molecule has 0 saturated heterocycles. The highest BCUT2D eigenvalue weighted by atomic mass is 32.2. The van der Waals surface area contributed by atoms with E-state index in [1.165, 1.54) is 11.8 Å². The lowest BCUT2D eigenvalue weighted by atomic mass is 10.1. The zero-order valence-corrected chi connectivity index (χ0v) is 20.5. The Morgan fingerprint density at radius 2 is 1.76 bits per heavy atom. The molecule has 0 aliphatic rings. The number of thioether (sulfide) groups is 1. The van der Waals surface area contributed by atoms with Crippen LogP contribution in [0.4, 0.5) is 5.69 Å². The molecule has 3 aromatic carbocycles. The number of anilines is 1. The lowest BCUT2D eigenvalue weighted by Gasteiger charge is -2.18. The van der Waals surface area contributed by atoms with E-state index in [1.54, 1.807) is 0 Å². The largest absolute Gasteiger partial charge is 0.325 e. The van der Waals surface area contributed by atoms with E-state index < -0.39 is 5.25 Å². The number of nitrogens with one attached hydrogen (secondary N) is 1. The minimum atomic E-state index is -0.501. The van der Waals surface area contributed by atoms with Gasteiger partial charge in [-0.05, 0) is 49.6 Å². The molecule has 0 spiro atoms. The normalized spacial score (nSPS) is 11.7. The second kappa shape index (κ2) is 10.5. The van der Waals surface area contributed by atoms with Crippen molar-refractivity contribution in [1.29, 1.82) is 0 Å². The summed E-state index contributed by atoms with van der Waals surface area (Å²) in [6.07, 6.45) is 1.82. The average Bonchev–Trinajstić information content (AvgIpc) is 3.23. The number of nitrogens with zero attached hydrogens (tertiary/aromatic N) is 3. The fourth-order valence-electron chi connectivity index (χ4n) is 3.74. The van der Waals surface area contributed by atoms with Crippen LogP contribution in [0.1, 0.15) is 27.5 Å². The molecule has 1 atom stereocenters. The Bertz CT molecular complexity index is 1310. The second-order valence-electron chi connectivity index (χ2n) is 8.29. The van der Waals surface area contributed by atoms with Crippen LogP contribution >= 0.6 is 11.8 Å². The minimum absolute atomic E-state index is 0.102. The van der Waals surface area contributed by atoms with Crippen LogP contribution in [-0.4, -0.2) is 20.7 Å². The van der Waals surface area contributed by atoms with Crippen molar-refractivity contribution in [2.24, 2.45) is 0 Å². The Morgan fingerprint density at radius 1 is 1.00 bits per heavy atom. The molecule has 5 nitrogen and oxygen atoms in total. The molecule has 4 aromatic rings. The highest BCUT2D eigenvalue weighted by Gasteiger charge is 2.26. The van der Waals surface area contributed by atoms with Crippen molar-refractivity contribution in [2.45, 2.75) is 37.7 Å². The predicted molar refractivity (Wildman–Crippen MR) is 140 cm³/mol. The van der Waals surface area contributed by atoms with Crippen LogP contribution in [0.5, 0.6) is 0 Å². The molecule has 1 amide bonds. The van der Waals surface area contributed by atoms with Crippen LogP contribution in [-0.2, 0) is 11.3 Å².